The van der Waals surface area contributed by atoms with E-state index in [4.69, 9.17) is 4.74 Å². The molecule has 0 aliphatic carbocycles. The quantitative estimate of drug-likeness (QED) is 0.222. The minimum atomic E-state index is -3.18. The van der Waals surface area contributed by atoms with Crippen LogP contribution in [-0.2, 0) is 22.8 Å². The van der Waals surface area contributed by atoms with E-state index < -0.39 is 9.84 Å². The van der Waals surface area contributed by atoms with Gasteiger partial charge in [-0.15, -0.1) is 35.3 Å². The first-order valence-electron chi connectivity index (χ1n) is 8.95. The third-order valence-corrected chi connectivity index (χ3v) is 6.06. The Labute approximate surface area is 188 Å². The number of sulfone groups is 1. The maximum absolute atomic E-state index is 11.5. The summed E-state index contributed by atoms with van der Waals surface area (Å²) in [5.41, 5.74) is 0. The lowest BCUT2D eigenvalue weighted by Crippen LogP contribution is -2.39. The summed E-state index contributed by atoms with van der Waals surface area (Å²) in [6, 6.07) is 10.7. The Morgan fingerprint density at radius 2 is 1.75 bits per heavy atom. The SMILES string of the molecule is CCNC(=NCc1ccc(CC)s1)NCCOc1ccc(S(C)(=O)=O)cc1.I. The molecule has 156 valence electrons. The topological polar surface area (TPSA) is 79.8 Å². The van der Waals surface area contributed by atoms with Crippen LogP contribution in [0.3, 0.4) is 0 Å². The summed E-state index contributed by atoms with van der Waals surface area (Å²) in [6.07, 6.45) is 2.24. The van der Waals surface area contributed by atoms with Gasteiger partial charge >= 0.3 is 0 Å². The summed E-state index contributed by atoms with van der Waals surface area (Å²) in [6.45, 7) is 6.64. The van der Waals surface area contributed by atoms with Crippen molar-refractivity contribution in [2.24, 2.45) is 4.99 Å². The highest BCUT2D eigenvalue weighted by molar-refractivity contribution is 14.0. The zero-order valence-corrected chi connectivity index (χ0v) is 20.4. The highest BCUT2D eigenvalue weighted by Crippen LogP contribution is 2.17. The number of rotatable bonds is 9. The summed E-state index contributed by atoms with van der Waals surface area (Å²) in [4.78, 5) is 7.49. The third-order valence-electron chi connectivity index (χ3n) is 3.72. The number of aryl methyl sites for hydroxylation is 1. The van der Waals surface area contributed by atoms with Crippen LogP contribution in [-0.4, -0.2) is 40.3 Å². The summed E-state index contributed by atoms with van der Waals surface area (Å²) in [7, 11) is -3.18. The summed E-state index contributed by atoms with van der Waals surface area (Å²) >= 11 is 1.79. The van der Waals surface area contributed by atoms with Gasteiger partial charge in [0, 0.05) is 22.6 Å². The molecule has 2 rings (SSSR count). The monoisotopic (exact) mass is 537 g/mol. The van der Waals surface area contributed by atoms with Crippen LogP contribution < -0.4 is 15.4 Å². The van der Waals surface area contributed by atoms with E-state index in [0.717, 1.165) is 18.9 Å². The van der Waals surface area contributed by atoms with Gasteiger partial charge in [-0.25, -0.2) is 13.4 Å². The Balaban J connectivity index is 0.00000392. The standard InChI is InChI=1S/C19H27N3O3S2.HI/c1-4-16-8-9-17(26-16)14-22-19(20-5-2)21-12-13-25-15-6-10-18(11-7-15)27(3,23)24;/h6-11H,4-5,12-14H2,1-3H3,(H2,20,21,22);1H. The average Bonchev–Trinajstić information content (AvgIpc) is 3.11. The normalized spacial score (nSPS) is 11.6. The van der Waals surface area contributed by atoms with Gasteiger partial charge < -0.3 is 15.4 Å². The molecule has 2 aromatic rings. The van der Waals surface area contributed by atoms with E-state index in [9.17, 15) is 8.42 Å². The van der Waals surface area contributed by atoms with E-state index in [-0.39, 0.29) is 28.9 Å². The Morgan fingerprint density at radius 3 is 2.32 bits per heavy atom. The predicted octanol–water partition coefficient (Wildman–Crippen LogP) is 3.47. The number of benzene rings is 1. The van der Waals surface area contributed by atoms with Crippen molar-refractivity contribution in [1.29, 1.82) is 0 Å². The Bertz CT molecular complexity index is 850. The molecule has 2 N–H and O–H groups in total. The van der Waals surface area contributed by atoms with Gasteiger partial charge in [0.05, 0.1) is 18.0 Å². The van der Waals surface area contributed by atoms with Crippen LogP contribution in [0.5, 0.6) is 5.75 Å². The predicted molar refractivity (Wildman–Crippen MR) is 127 cm³/mol. The molecule has 1 aromatic heterocycles. The van der Waals surface area contributed by atoms with Gasteiger partial charge in [0.1, 0.15) is 12.4 Å². The van der Waals surface area contributed by atoms with Crippen LogP contribution in [0.4, 0.5) is 0 Å². The van der Waals surface area contributed by atoms with E-state index in [1.807, 2.05) is 6.92 Å². The van der Waals surface area contributed by atoms with Gasteiger partial charge in [0.25, 0.3) is 0 Å². The van der Waals surface area contributed by atoms with E-state index in [2.05, 4.69) is 34.7 Å². The first kappa shape index (κ1) is 24.7. The lowest BCUT2D eigenvalue weighted by molar-refractivity contribution is 0.321. The molecule has 9 heteroatoms. The number of hydrogen-bond donors (Lipinski definition) is 2. The number of aliphatic imine (C=N–C) groups is 1. The van der Waals surface area contributed by atoms with Gasteiger partial charge in [-0.1, -0.05) is 6.92 Å². The van der Waals surface area contributed by atoms with Crippen LogP contribution in [0.2, 0.25) is 0 Å². The molecule has 1 heterocycles. The van der Waals surface area contributed by atoms with Gasteiger partial charge in [0.2, 0.25) is 0 Å². The minimum Gasteiger partial charge on any atom is -0.492 e. The Kier molecular flexibility index (Phi) is 10.8. The zero-order valence-electron chi connectivity index (χ0n) is 16.4. The average molecular weight is 537 g/mol. The molecule has 0 aliphatic heterocycles. The van der Waals surface area contributed by atoms with Crippen molar-refractivity contribution in [2.45, 2.75) is 31.7 Å². The summed E-state index contributed by atoms with van der Waals surface area (Å²) < 4.78 is 28.6. The van der Waals surface area contributed by atoms with Gasteiger partial charge in [-0.3, -0.25) is 0 Å². The number of guanidine groups is 1. The molecule has 0 unspecified atom stereocenters. The largest absolute Gasteiger partial charge is 0.492 e. The number of halogens is 1. The fourth-order valence-corrected chi connectivity index (χ4v) is 3.83. The maximum atomic E-state index is 11.5. The van der Waals surface area contributed by atoms with Crippen LogP contribution in [0.15, 0.2) is 46.3 Å². The molecule has 0 fully saturated rings. The highest BCUT2D eigenvalue weighted by Gasteiger charge is 2.06. The molecule has 0 amide bonds. The molecule has 1 aromatic carbocycles. The number of nitrogens with zero attached hydrogens (tertiary/aromatic N) is 1. The highest BCUT2D eigenvalue weighted by atomic mass is 127. The fourth-order valence-electron chi connectivity index (χ4n) is 2.32. The third kappa shape index (κ3) is 8.36. The van der Waals surface area contributed by atoms with Crippen molar-refractivity contribution < 1.29 is 13.2 Å². The van der Waals surface area contributed by atoms with Gasteiger partial charge in [0.15, 0.2) is 15.8 Å². The second-order valence-electron chi connectivity index (χ2n) is 5.94. The van der Waals surface area contributed by atoms with Crippen LogP contribution in [0.1, 0.15) is 23.6 Å². The first-order valence-corrected chi connectivity index (χ1v) is 11.7. The molecule has 0 atom stereocenters. The van der Waals surface area contributed by atoms with Crippen LogP contribution in [0.25, 0.3) is 0 Å². The molecule has 28 heavy (non-hydrogen) atoms. The number of thiophene rings is 1. The van der Waals surface area contributed by atoms with E-state index >= 15 is 0 Å². The van der Waals surface area contributed by atoms with Crippen molar-refractivity contribution in [2.75, 3.05) is 26.0 Å². The molecule has 0 saturated carbocycles. The molecule has 0 radical (unpaired) electrons. The molecule has 0 bridgehead atoms. The maximum Gasteiger partial charge on any atom is 0.191 e. The van der Waals surface area contributed by atoms with E-state index in [0.29, 0.717) is 25.4 Å². The molecular weight excluding hydrogens is 509 g/mol. The Hall–Kier alpha value is -1.33. The van der Waals surface area contributed by atoms with Gasteiger partial charge in [-0.05, 0) is 49.7 Å². The second-order valence-corrected chi connectivity index (χ2v) is 9.20. The van der Waals surface area contributed by atoms with Crippen molar-refractivity contribution in [3.8, 4) is 5.75 Å². The molecular formula is C19H28IN3O3S2. The number of nitrogens with one attached hydrogen (secondary N) is 2. The van der Waals surface area contributed by atoms with Crippen molar-refractivity contribution in [1.82, 2.24) is 10.6 Å². The van der Waals surface area contributed by atoms with Crippen molar-refractivity contribution in [3.63, 3.8) is 0 Å². The van der Waals surface area contributed by atoms with Crippen molar-refractivity contribution >= 4 is 51.1 Å². The van der Waals surface area contributed by atoms with Crippen LogP contribution in [0, 0.1) is 0 Å². The van der Waals surface area contributed by atoms with Crippen molar-refractivity contribution in [3.05, 3.63) is 46.2 Å². The second kappa shape index (κ2) is 12.3. The van der Waals surface area contributed by atoms with E-state index in [1.54, 1.807) is 35.6 Å². The fraction of sp³-hybridized carbons (Fsp3) is 0.421. The van der Waals surface area contributed by atoms with Gasteiger partial charge in [-0.2, -0.15) is 0 Å². The van der Waals surface area contributed by atoms with E-state index in [1.165, 1.54) is 16.0 Å². The minimum absolute atomic E-state index is 0. The molecule has 0 saturated heterocycles. The molecule has 0 aliphatic rings. The zero-order chi connectivity index (χ0) is 19.7. The molecule has 0 spiro atoms. The number of hydrogen-bond acceptors (Lipinski definition) is 5. The molecule has 6 nitrogen and oxygen atoms in total. The summed E-state index contributed by atoms with van der Waals surface area (Å²) in [5, 5.41) is 6.46. The van der Waals surface area contributed by atoms with Crippen LogP contribution >= 0.6 is 35.3 Å². The lowest BCUT2D eigenvalue weighted by Gasteiger charge is -2.12. The smallest absolute Gasteiger partial charge is 0.191 e. The Morgan fingerprint density at radius 1 is 1.07 bits per heavy atom. The first-order chi connectivity index (χ1) is 12.9. The number of ether oxygens (including phenoxy) is 1. The summed E-state index contributed by atoms with van der Waals surface area (Å²) in [5.74, 6) is 1.39. The lowest BCUT2D eigenvalue weighted by atomic mass is 10.3.